The van der Waals surface area contributed by atoms with Crippen molar-refractivity contribution in [2.45, 2.75) is 26.3 Å². The van der Waals surface area contributed by atoms with E-state index >= 15 is 0 Å². The second-order valence-corrected chi connectivity index (χ2v) is 4.29. The highest BCUT2D eigenvalue weighted by Crippen LogP contribution is 2.10. The lowest BCUT2D eigenvalue weighted by molar-refractivity contribution is 0.261. The summed E-state index contributed by atoms with van der Waals surface area (Å²) >= 11 is 0. The van der Waals surface area contributed by atoms with Gasteiger partial charge in [-0.2, -0.15) is 0 Å². The first kappa shape index (κ1) is 12.8. The molecule has 3 N–H and O–H groups in total. The van der Waals surface area contributed by atoms with E-state index in [2.05, 4.69) is 31.1 Å². The molecule has 3 heteroatoms. The smallest absolute Gasteiger partial charge is 0.0342 e. The van der Waals surface area contributed by atoms with E-state index in [1.54, 1.807) is 0 Å². The molecule has 0 heterocycles. The van der Waals surface area contributed by atoms with Crippen LogP contribution in [0.1, 0.15) is 20.3 Å². The van der Waals surface area contributed by atoms with Crippen LogP contribution in [0.5, 0.6) is 0 Å². The molecule has 0 saturated carbocycles. The van der Waals surface area contributed by atoms with Crippen molar-refractivity contribution in [3.05, 3.63) is 24.3 Å². The molecule has 1 atom stereocenters. The van der Waals surface area contributed by atoms with Crippen LogP contribution in [0.25, 0.3) is 0 Å². The molecule has 90 valence electrons. The molecule has 1 unspecified atom stereocenters. The van der Waals surface area contributed by atoms with E-state index in [0.29, 0.717) is 6.04 Å². The van der Waals surface area contributed by atoms with E-state index in [9.17, 15) is 0 Å². The lowest BCUT2D eigenvalue weighted by Crippen LogP contribution is -2.32. The summed E-state index contributed by atoms with van der Waals surface area (Å²) in [6.07, 6.45) is 1.19. The average molecular weight is 221 g/mol. The summed E-state index contributed by atoms with van der Waals surface area (Å²) in [6, 6.07) is 8.51. The van der Waals surface area contributed by atoms with Gasteiger partial charge in [0.15, 0.2) is 0 Å². The second kappa shape index (κ2) is 6.38. The van der Waals surface area contributed by atoms with Crippen molar-refractivity contribution in [1.82, 2.24) is 4.90 Å². The van der Waals surface area contributed by atoms with Crippen molar-refractivity contribution in [2.75, 3.05) is 31.2 Å². The van der Waals surface area contributed by atoms with E-state index in [1.807, 2.05) is 24.3 Å². The van der Waals surface area contributed by atoms with Crippen molar-refractivity contribution < 1.29 is 0 Å². The van der Waals surface area contributed by atoms with Gasteiger partial charge in [0.2, 0.25) is 0 Å². The largest absolute Gasteiger partial charge is 0.399 e. The third-order valence-electron chi connectivity index (χ3n) is 3.05. The molecule has 1 aromatic rings. The number of anilines is 2. The van der Waals surface area contributed by atoms with Crippen LogP contribution in [0, 0.1) is 0 Å². The molecule has 0 spiro atoms. The summed E-state index contributed by atoms with van der Waals surface area (Å²) in [6.45, 7) is 6.49. The van der Waals surface area contributed by atoms with Gasteiger partial charge in [-0.3, -0.25) is 0 Å². The van der Waals surface area contributed by atoms with Crippen LogP contribution in [-0.2, 0) is 0 Å². The Bertz CT molecular complexity index is 295. The summed E-state index contributed by atoms with van der Waals surface area (Å²) in [5.74, 6) is 0. The molecule has 0 aliphatic heterocycles. The quantitative estimate of drug-likeness (QED) is 0.725. The minimum Gasteiger partial charge on any atom is -0.399 e. The number of hydrogen-bond donors (Lipinski definition) is 2. The number of nitrogens with one attached hydrogen (secondary N) is 1. The van der Waals surface area contributed by atoms with E-state index in [4.69, 9.17) is 5.73 Å². The van der Waals surface area contributed by atoms with Crippen LogP contribution in [0.3, 0.4) is 0 Å². The van der Waals surface area contributed by atoms with Crippen LogP contribution in [-0.4, -0.2) is 31.1 Å². The van der Waals surface area contributed by atoms with Crippen molar-refractivity contribution in [3.8, 4) is 0 Å². The van der Waals surface area contributed by atoms with Crippen molar-refractivity contribution in [2.24, 2.45) is 0 Å². The molecule has 0 fully saturated rings. The maximum atomic E-state index is 5.63. The lowest BCUT2D eigenvalue weighted by Gasteiger charge is -2.23. The Kier molecular flexibility index (Phi) is 5.12. The van der Waals surface area contributed by atoms with Crippen molar-refractivity contribution >= 4 is 11.4 Å². The normalized spacial score (nSPS) is 12.8. The van der Waals surface area contributed by atoms with Gasteiger partial charge in [0.25, 0.3) is 0 Å². The second-order valence-electron chi connectivity index (χ2n) is 4.29. The standard InChI is InChI=1S/C13H23N3/c1-4-11(2)16(3)10-9-15-13-7-5-12(14)6-8-13/h5-8,11,15H,4,9-10,14H2,1-3H3. The third-order valence-corrected chi connectivity index (χ3v) is 3.05. The molecule has 0 aliphatic carbocycles. The molecular weight excluding hydrogens is 198 g/mol. The van der Waals surface area contributed by atoms with E-state index in [-0.39, 0.29) is 0 Å². The molecule has 0 bridgehead atoms. The Morgan fingerprint density at radius 3 is 2.50 bits per heavy atom. The third kappa shape index (κ3) is 4.11. The van der Waals surface area contributed by atoms with Crippen LogP contribution < -0.4 is 11.1 Å². The fourth-order valence-corrected chi connectivity index (χ4v) is 1.51. The van der Waals surface area contributed by atoms with E-state index in [0.717, 1.165) is 24.5 Å². The summed E-state index contributed by atoms with van der Waals surface area (Å²) in [7, 11) is 2.17. The van der Waals surface area contributed by atoms with Crippen molar-refractivity contribution in [1.29, 1.82) is 0 Å². The highest BCUT2D eigenvalue weighted by Gasteiger charge is 2.05. The zero-order valence-corrected chi connectivity index (χ0v) is 10.5. The fourth-order valence-electron chi connectivity index (χ4n) is 1.51. The lowest BCUT2D eigenvalue weighted by atomic mass is 10.2. The predicted molar refractivity (Wildman–Crippen MR) is 71.7 cm³/mol. The Balaban J connectivity index is 2.27. The van der Waals surface area contributed by atoms with Gasteiger partial charge in [-0.1, -0.05) is 6.92 Å². The fraction of sp³-hybridized carbons (Fsp3) is 0.538. The zero-order chi connectivity index (χ0) is 12.0. The molecule has 0 saturated heterocycles. The molecule has 0 radical (unpaired) electrons. The van der Waals surface area contributed by atoms with Gasteiger partial charge in [0.05, 0.1) is 0 Å². The SMILES string of the molecule is CCC(C)N(C)CCNc1ccc(N)cc1. The monoisotopic (exact) mass is 221 g/mol. The average Bonchev–Trinajstić information content (AvgIpc) is 2.30. The van der Waals surface area contributed by atoms with Crippen molar-refractivity contribution in [3.63, 3.8) is 0 Å². The maximum absolute atomic E-state index is 5.63. The highest BCUT2D eigenvalue weighted by molar-refractivity contribution is 5.51. The Labute approximate surface area is 98.6 Å². The van der Waals surface area contributed by atoms with Crippen LogP contribution in [0.2, 0.25) is 0 Å². The van der Waals surface area contributed by atoms with E-state index < -0.39 is 0 Å². The van der Waals surface area contributed by atoms with Gasteiger partial charge in [-0.15, -0.1) is 0 Å². The molecule has 3 nitrogen and oxygen atoms in total. The van der Waals surface area contributed by atoms with Crippen LogP contribution in [0.15, 0.2) is 24.3 Å². The first-order valence-corrected chi connectivity index (χ1v) is 5.93. The minimum atomic E-state index is 0.646. The Hall–Kier alpha value is -1.22. The zero-order valence-electron chi connectivity index (χ0n) is 10.5. The summed E-state index contributed by atoms with van der Waals surface area (Å²) in [5, 5.41) is 3.38. The van der Waals surface area contributed by atoms with Gasteiger partial charge < -0.3 is 16.0 Å². The number of likely N-dealkylation sites (N-methyl/N-ethyl adjacent to an activating group) is 1. The molecule has 16 heavy (non-hydrogen) atoms. The minimum absolute atomic E-state index is 0.646. The van der Waals surface area contributed by atoms with Gasteiger partial charge in [-0.25, -0.2) is 0 Å². The van der Waals surface area contributed by atoms with Gasteiger partial charge in [0, 0.05) is 30.5 Å². The summed E-state index contributed by atoms with van der Waals surface area (Å²) in [5.41, 5.74) is 7.56. The summed E-state index contributed by atoms with van der Waals surface area (Å²) in [4.78, 5) is 2.37. The number of nitrogens with zero attached hydrogens (tertiary/aromatic N) is 1. The Morgan fingerprint density at radius 2 is 1.94 bits per heavy atom. The number of hydrogen-bond acceptors (Lipinski definition) is 3. The van der Waals surface area contributed by atoms with Gasteiger partial charge in [0.1, 0.15) is 0 Å². The molecular formula is C13H23N3. The first-order valence-electron chi connectivity index (χ1n) is 5.93. The number of rotatable bonds is 6. The topological polar surface area (TPSA) is 41.3 Å². The van der Waals surface area contributed by atoms with Gasteiger partial charge in [-0.05, 0) is 44.7 Å². The number of nitrogen functional groups attached to an aromatic ring is 1. The highest BCUT2D eigenvalue weighted by atomic mass is 15.1. The molecule has 0 amide bonds. The summed E-state index contributed by atoms with van der Waals surface area (Å²) < 4.78 is 0. The molecule has 1 rings (SSSR count). The maximum Gasteiger partial charge on any atom is 0.0342 e. The Morgan fingerprint density at radius 1 is 1.31 bits per heavy atom. The predicted octanol–water partition coefficient (Wildman–Crippen LogP) is 2.41. The molecule has 0 aromatic heterocycles. The van der Waals surface area contributed by atoms with Gasteiger partial charge >= 0.3 is 0 Å². The molecule has 0 aliphatic rings. The van der Waals surface area contributed by atoms with Crippen LogP contribution in [0.4, 0.5) is 11.4 Å². The first-order chi connectivity index (χ1) is 7.63. The number of nitrogens with two attached hydrogens (primary N) is 1. The van der Waals surface area contributed by atoms with E-state index in [1.165, 1.54) is 6.42 Å². The molecule has 1 aromatic carbocycles. The van der Waals surface area contributed by atoms with Crippen LogP contribution >= 0.6 is 0 Å². The number of benzene rings is 1.